The number of carbonyl (C=O) groups is 2. The molecule has 1 heterocycles. The number of carbonyl (C=O) groups excluding carboxylic acids is 1. The average molecular weight is 416 g/mol. The summed E-state index contributed by atoms with van der Waals surface area (Å²) >= 11 is 0. The van der Waals surface area contributed by atoms with Crippen molar-refractivity contribution in [2.45, 2.75) is 54.4 Å². The van der Waals surface area contributed by atoms with Gasteiger partial charge in [-0.2, -0.15) is 0 Å². The molecule has 0 spiro atoms. The summed E-state index contributed by atoms with van der Waals surface area (Å²) in [6.07, 6.45) is 7.21. The molecule has 0 aliphatic rings. The van der Waals surface area contributed by atoms with Crippen LogP contribution in [-0.2, 0) is 11.2 Å². The van der Waals surface area contributed by atoms with Gasteiger partial charge in [0, 0.05) is 16.7 Å². The molecule has 2 rings (SSSR count). The van der Waals surface area contributed by atoms with Gasteiger partial charge < -0.3 is 9.84 Å². The summed E-state index contributed by atoms with van der Waals surface area (Å²) in [7, 11) is 1.65. The van der Waals surface area contributed by atoms with Crippen LogP contribution in [0.2, 0.25) is 0 Å². The number of carboxylic acid groups (broad SMARTS) is 1. The van der Waals surface area contributed by atoms with Crippen LogP contribution < -0.4 is 4.74 Å². The van der Waals surface area contributed by atoms with Crippen LogP contribution in [0, 0.1) is 6.92 Å². The van der Waals surface area contributed by atoms with Gasteiger partial charge in [-0.25, -0.2) is 0 Å². The standard InChI is InChI=1S/C18H21NO2.C4H8.C2H6.CH2O2/c1-6-8-12(3)18(20)19-13(4)15(7-2)16-11-14(21-5)9-10-17(16)19;1-3-4-2;1-2;2-1-3/h6,8-11H,1,7H2,2-5H3;3H,1,4H2,2H3;1-2H3;1H,(H,2,3)/b12-8+;;;. The lowest BCUT2D eigenvalue weighted by Crippen LogP contribution is -2.13. The summed E-state index contributed by atoms with van der Waals surface area (Å²) in [5.74, 6) is 0.794. The van der Waals surface area contributed by atoms with Gasteiger partial charge in [0.05, 0.1) is 12.6 Å². The molecule has 1 N–H and O–H groups in total. The van der Waals surface area contributed by atoms with E-state index in [2.05, 4.69) is 27.0 Å². The monoisotopic (exact) mass is 415 g/mol. The number of ether oxygens (including phenoxy) is 1. The maximum absolute atomic E-state index is 12.7. The number of aryl methyl sites for hydroxylation is 1. The summed E-state index contributed by atoms with van der Waals surface area (Å²) in [4.78, 5) is 21.0. The lowest BCUT2D eigenvalue weighted by atomic mass is 10.1. The molecule has 0 amide bonds. The van der Waals surface area contributed by atoms with Crippen molar-refractivity contribution in [3.05, 3.63) is 66.4 Å². The van der Waals surface area contributed by atoms with Crippen molar-refractivity contribution in [2.24, 2.45) is 0 Å². The number of fused-ring (bicyclic) bond motifs is 1. The van der Waals surface area contributed by atoms with Crippen LogP contribution in [-0.4, -0.2) is 29.2 Å². The Morgan fingerprint density at radius 3 is 2.17 bits per heavy atom. The largest absolute Gasteiger partial charge is 0.497 e. The van der Waals surface area contributed by atoms with E-state index in [9.17, 15) is 4.79 Å². The zero-order valence-electron chi connectivity index (χ0n) is 19.5. The van der Waals surface area contributed by atoms with Crippen molar-refractivity contribution >= 4 is 23.3 Å². The van der Waals surface area contributed by atoms with Gasteiger partial charge in [0.1, 0.15) is 5.75 Å². The molecule has 1 aromatic carbocycles. The van der Waals surface area contributed by atoms with Crippen LogP contribution in [0.5, 0.6) is 5.75 Å². The Hall–Kier alpha value is -3.08. The SMILES string of the molecule is C=C/C=C(\C)C(=O)n1c(C)c(CC)c2cc(OC)ccc21.C=CCC.CC.O=CO. The van der Waals surface area contributed by atoms with E-state index >= 15 is 0 Å². The number of hydrogen-bond acceptors (Lipinski definition) is 3. The van der Waals surface area contributed by atoms with E-state index in [0.29, 0.717) is 5.57 Å². The molecule has 0 unspecified atom stereocenters. The second kappa shape index (κ2) is 16.8. The quantitative estimate of drug-likeness (QED) is 0.258. The van der Waals surface area contributed by atoms with E-state index in [0.717, 1.165) is 35.2 Å². The van der Waals surface area contributed by atoms with Gasteiger partial charge in [0.15, 0.2) is 0 Å². The number of benzene rings is 1. The first kappa shape index (κ1) is 29.1. The highest BCUT2D eigenvalue weighted by atomic mass is 16.5. The summed E-state index contributed by atoms with van der Waals surface area (Å²) in [5, 5.41) is 7.97. The molecule has 5 heteroatoms. The van der Waals surface area contributed by atoms with Gasteiger partial charge in [-0.05, 0) is 50.5 Å². The third kappa shape index (κ3) is 8.11. The molecule has 0 fully saturated rings. The minimum atomic E-state index is -0.250. The van der Waals surface area contributed by atoms with Crippen LogP contribution in [0.25, 0.3) is 10.9 Å². The fourth-order valence-corrected chi connectivity index (χ4v) is 2.72. The highest BCUT2D eigenvalue weighted by molar-refractivity contribution is 6.03. The van der Waals surface area contributed by atoms with Crippen LogP contribution in [0.4, 0.5) is 0 Å². The van der Waals surface area contributed by atoms with Gasteiger partial charge in [-0.15, -0.1) is 6.58 Å². The van der Waals surface area contributed by atoms with Crippen molar-refractivity contribution in [1.82, 2.24) is 4.57 Å². The molecule has 1 aromatic heterocycles. The molecule has 0 saturated heterocycles. The minimum Gasteiger partial charge on any atom is -0.497 e. The lowest BCUT2D eigenvalue weighted by Gasteiger charge is -2.07. The Bertz CT molecular complexity index is 844. The molecule has 166 valence electrons. The molecule has 0 aliphatic carbocycles. The molecule has 2 aromatic rings. The van der Waals surface area contributed by atoms with Gasteiger partial charge in [0.2, 0.25) is 0 Å². The first-order chi connectivity index (χ1) is 14.4. The number of rotatable bonds is 5. The number of methoxy groups -OCH3 is 1. The maximum atomic E-state index is 12.7. The van der Waals surface area contributed by atoms with Gasteiger partial charge in [-0.3, -0.25) is 14.2 Å². The van der Waals surface area contributed by atoms with E-state index in [1.54, 1.807) is 23.8 Å². The summed E-state index contributed by atoms with van der Waals surface area (Å²) in [5.41, 5.74) is 3.77. The van der Waals surface area contributed by atoms with Crippen molar-refractivity contribution in [3.63, 3.8) is 0 Å². The van der Waals surface area contributed by atoms with E-state index in [-0.39, 0.29) is 12.4 Å². The smallest absolute Gasteiger partial charge is 0.290 e. The Labute approximate surface area is 181 Å². The summed E-state index contributed by atoms with van der Waals surface area (Å²) in [6.45, 7) is 18.8. The Morgan fingerprint density at radius 1 is 1.23 bits per heavy atom. The number of aromatic nitrogens is 1. The molecule has 0 radical (unpaired) electrons. The Balaban J connectivity index is 0. The first-order valence-electron chi connectivity index (χ1n) is 10.1. The highest BCUT2D eigenvalue weighted by Crippen LogP contribution is 2.30. The molecular formula is C25H37NO4. The molecule has 0 atom stereocenters. The third-order valence-electron chi connectivity index (χ3n) is 4.09. The van der Waals surface area contributed by atoms with Crippen molar-refractivity contribution in [2.75, 3.05) is 7.11 Å². The molecular weight excluding hydrogens is 378 g/mol. The van der Waals surface area contributed by atoms with Crippen LogP contribution in [0.15, 0.2) is 55.2 Å². The van der Waals surface area contributed by atoms with E-state index in [1.165, 1.54) is 5.56 Å². The predicted molar refractivity (Wildman–Crippen MR) is 128 cm³/mol. The van der Waals surface area contributed by atoms with Crippen LogP contribution in [0.1, 0.15) is 57.1 Å². The fourth-order valence-electron chi connectivity index (χ4n) is 2.72. The highest BCUT2D eigenvalue weighted by Gasteiger charge is 2.18. The number of hydrogen-bond donors (Lipinski definition) is 1. The molecule has 0 saturated carbocycles. The molecule has 5 nitrogen and oxygen atoms in total. The average Bonchev–Trinajstić information content (AvgIpc) is 3.05. The van der Waals surface area contributed by atoms with Gasteiger partial charge in [-0.1, -0.05) is 52.5 Å². The topological polar surface area (TPSA) is 68.5 Å². The normalized spacial score (nSPS) is 9.63. The van der Waals surface area contributed by atoms with E-state index in [4.69, 9.17) is 14.6 Å². The van der Waals surface area contributed by atoms with Crippen molar-refractivity contribution in [3.8, 4) is 5.75 Å². The van der Waals surface area contributed by atoms with Gasteiger partial charge in [0.25, 0.3) is 12.4 Å². The first-order valence-corrected chi connectivity index (χ1v) is 10.1. The predicted octanol–water partition coefficient (Wildman–Crippen LogP) is 6.60. The summed E-state index contributed by atoms with van der Waals surface area (Å²) in [6, 6.07) is 5.83. The van der Waals surface area contributed by atoms with Gasteiger partial charge >= 0.3 is 0 Å². The molecule has 0 aliphatic heterocycles. The van der Waals surface area contributed by atoms with E-state index < -0.39 is 0 Å². The lowest BCUT2D eigenvalue weighted by molar-refractivity contribution is -0.122. The summed E-state index contributed by atoms with van der Waals surface area (Å²) < 4.78 is 7.08. The Kier molecular flexibility index (Phi) is 16.3. The molecule has 0 bridgehead atoms. The second-order valence-corrected chi connectivity index (χ2v) is 5.83. The van der Waals surface area contributed by atoms with E-state index in [1.807, 2.05) is 52.0 Å². The minimum absolute atomic E-state index is 0.0118. The van der Waals surface area contributed by atoms with Crippen molar-refractivity contribution < 1.29 is 19.4 Å². The zero-order chi connectivity index (χ0) is 23.7. The van der Waals surface area contributed by atoms with Crippen LogP contribution in [0.3, 0.4) is 0 Å². The van der Waals surface area contributed by atoms with Crippen molar-refractivity contribution in [1.29, 1.82) is 0 Å². The third-order valence-corrected chi connectivity index (χ3v) is 4.09. The number of nitrogens with zero attached hydrogens (tertiary/aromatic N) is 1. The maximum Gasteiger partial charge on any atom is 0.290 e. The fraction of sp³-hybridized carbons (Fsp3) is 0.360. The zero-order valence-corrected chi connectivity index (χ0v) is 19.5. The Morgan fingerprint density at radius 2 is 1.77 bits per heavy atom. The number of allylic oxidation sites excluding steroid dienone is 4. The molecule has 30 heavy (non-hydrogen) atoms. The van der Waals surface area contributed by atoms with Crippen LogP contribution >= 0.6 is 0 Å². The second-order valence-electron chi connectivity index (χ2n) is 5.83.